The normalized spacial score (nSPS) is 12.0. The molecule has 1 unspecified atom stereocenters. The number of carbonyl (C=O) groups is 1. The third kappa shape index (κ3) is 3.75. The van der Waals surface area contributed by atoms with Gasteiger partial charge in [0, 0.05) is 17.3 Å². The lowest BCUT2D eigenvalue weighted by Crippen LogP contribution is -2.13. The van der Waals surface area contributed by atoms with Crippen LogP contribution >= 0.6 is 11.3 Å². The van der Waals surface area contributed by atoms with E-state index in [2.05, 4.69) is 20.3 Å². The largest absolute Gasteiger partial charge is 0.462 e. The number of esters is 1. The molecule has 0 aliphatic carbocycles. The van der Waals surface area contributed by atoms with Crippen molar-refractivity contribution in [3.05, 3.63) is 33.5 Å². The monoisotopic (exact) mass is 306 g/mol. The van der Waals surface area contributed by atoms with Gasteiger partial charge in [0.25, 0.3) is 0 Å². The lowest BCUT2D eigenvalue weighted by molar-refractivity contribution is 0.0524. The highest BCUT2D eigenvalue weighted by Gasteiger charge is 2.15. The van der Waals surface area contributed by atoms with Crippen LogP contribution < -0.4 is 5.32 Å². The van der Waals surface area contributed by atoms with Gasteiger partial charge in [-0.1, -0.05) is 0 Å². The maximum absolute atomic E-state index is 11.7. The number of aryl methyl sites for hydroxylation is 2. The SMILES string of the molecule is CCOC(=O)c1cnc(NC(C)c2ncc(C)s2)nc1C. The highest BCUT2D eigenvalue weighted by Crippen LogP contribution is 2.22. The van der Waals surface area contributed by atoms with Crippen LogP contribution in [-0.2, 0) is 4.74 Å². The van der Waals surface area contributed by atoms with Crippen LogP contribution in [0.1, 0.15) is 45.8 Å². The predicted molar refractivity (Wildman–Crippen MR) is 81.6 cm³/mol. The number of anilines is 1. The number of hydrogen-bond acceptors (Lipinski definition) is 7. The summed E-state index contributed by atoms with van der Waals surface area (Å²) in [4.78, 5) is 25.7. The third-order valence-corrected chi connectivity index (χ3v) is 3.93. The fourth-order valence-corrected chi connectivity index (χ4v) is 2.55. The van der Waals surface area contributed by atoms with E-state index in [-0.39, 0.29) is 6.04 Å². The summed E-state index contributed by atoms with van der Waals surface area (Å²) < 4.78 is 4.95. The first-order valence-corrected chi connectivity index (χ1v) is 7.52. The third-order valence-electron chi connectivity index (χ3n) is 2.83. The van der Waals surface area contributed by atoms with E-state index in [0.717, 1.165) is 9.88 Å². The first kappa shape index (κ1) is 15.4. The molecule has 1 N–H and O–H groups in total. The van der Waals surface area contributed by atoms with Gasteiger partial charge in [-0.2, -0.15) is 0 Å². The van der Waals surface area contributed by atoms with Crippen LogP contribution in [0.4, 0.5) is 5.95 Å². The van der Waals surface area contributed by atoms with Gasteiger partial charge in [-0.3, -0.25) is 0 Å². The Morgan fingerprint density at radius 2 is 2.14 bits per heavy atom. The number of aromatic nitrogens is 3. The fraction of sp³-hybridized carbons (Fsp3) is 0.429. The molecule has 7 heteroatoms. The first-order chi connectivity index (χ1) is 10.0. The summed E-state index contributed by atoms with van der Waals surface area (Å²) in [5, 5.41) is 4.16. The molecule has 2 aromatic rings. The molecule has 6 nitrogen and oxygen atoms in total. The molecule has 21 heavy (non-hydrogen) atoms. The summed E-state index contributed by atoms with van der Waals surface area (Å²) in [6.45, 7) is 7.87. The quantitative estimate of drug-likeness (QED) is 0.856. The van der Waals surface area contributed by atoms with Crippen molar-refractivity contribution in [1.82, 2.24) is 15.0 Å². The molecule has 0 bridgehead atoms. The molecule has 2 aromatic heterocycles. The smallest absolute Gasteiger partial charge is 0.341 e. The van der Waals surface area contributed by atoms with Gasteiger partial charge in [-0.05, 0) is 27.7 Å². The van der Waals surface area contributed by atoms with Gasteiger partial charge in [0.2, 0.25) is 5.95 Å². The molecule has 2 rings (SSSR count). The van der Waals surface area contributed by atoms with Gasteiger partial charge in [-0.25, -0.2) is 19.7 Å². The van der Waals surface area contributed by atoms with E-state index in [1.807, 2.05) is 20.0 Å². The second-order valence-electron chi connectivity index (χ2n) is 4.59. The summed E-state index contributed by atoms with van der Waals surface area (Å²) in [5.74, 6) is 0.0750. The molecular formula is C14H18N4O2S. The van der Waals surface area contributed by atoms with E-state index in [4.69, 9.17) is 4.74 Å². The summed E-state index contributed by atoms with van der Waals surface area (Å²) in [6.07, 6.45) is 3.33. The van der Waals surface area contributed by atoms with Crippen molar-refractivity contribution in [1.29, 1.82) is 0 Å². The van der Waals surface area contributed by atoms with Crippen molar-refractivity contribution in [2.45, 2.75) is 33.7 Å². The topological polar surface area (TPSA) is 77.0 Å². The summed E-state index contributed by atoms with van der Waals surface area (Å²) in [6, 6.07) is 0.0107. The molecule has 0 amide bonds. The second kappa shape index (κ2) is 6.62. The van der Waals surface area contributed by atoms with E-state index in [1.165, 1.54) is 6.20 Å². The Kier molecular flexibility index (Phi) is 4.85. The molecule has 0 aliphatic heterocycles. The second-order valence-corrected chi connectivity index (χ2v) is 5.85. The van der Waals surface area contributed by atoms with Gasteiger partial charge in [0.05, 0.1) is 23.9 Å². The molecule has 0 aliphatic rings. The van der Waals surface area contributed by atoms with Gasteiger partial charge in [0.15, 0.2) is 0 Å². The molecule has 2 heterocycles. The van der Waals surface area contributed by atoms with Crippen LogP contribution in [0.25, 0.3) is 0 Å². The van der Waals surface area contributed by atoms with Crippen molar-refractivity contribution < 1.29 is 9.53 Å². The minimum atomic E-state index is -0.398. The van der Waals surface area contributed by atoms with Crippen molar-refractivity contribution in [3.8, 4) is 0 Å². The molecule has 0 radical (unpaired) electrons. The standard InChI is InChI=1S/C14H18N4O2S/c1-5-20-13(19)11-7-16-14(17-9(11)3)18-10(4)12-15-6-8(2)21-12/h6-7,10H,5H2,1-4H3,(H,16,17,18). The zero-order valence-corrected chi connectivity index (χ0v) is 13.3. The molecule has 112 valence electrons. The number of nitrogens with zero attached hydrogens (tertiary/aromatic N) is 3. The van der Waals surface area contributed by atoms with Crippen LogP contribution in [0.5, 0.6) is 0 Å². The van der Waals surface area contributed by atoms with E-state index < -0.39 is 5.97 Å². The molecule has 0 fully saturated rings. The molecule has 0 spiro atoms. The maximum Gasteiger partial charge on any atom is 0.341 e. The van der Waals surface area contributed by atoms with Crippen molar-refractivity contribution in [2.24, 2.45) is 0 Å². The number of carbonyl (C=O) groups excluding carboxylic acids is 1. The molecular weight excluding hydrogens is 288 g/mol. The van der Waals surface area contributed by atoms with E-state index in [9.17, 15) is 4.79 Å². The zero-order chi connectivity index (χ0) is 15.4. The zero-order valence-electron chi connectivity index (χ0n) is 12.5. The minimum Gasteiger partial charge on any atom is -0.462 e. The van der Waals surface area contributed by atoms with Crippen LogP contribution in [0.3, 0.4) is 0 Å². The van der Waals surface area contributed by atoms with Gasteiger partial charge in [-0.15, -0.1) is 11.3 Å². The Bertz CT molecular complexity index is 642. The van der Waals surface area contributed by atoms with E-state index in [0.29, 0.717) is 23.8 Å². The van der Waals surface area contributed by atoms with Crippen LogP contribution in [0.2, 0.25) is 0 Å². The van der Waals surface area contributed by atoms with Gasteiger partial charge in [0.1, 0.15) is 5.01 Å². The fourth-order valence-electron chi connectivity index (χ4n) is 1.77. The maximum atomic E-state index is 11.7. The summed E-state index contributed by atoms with van der Waals surface area (Å²) in [7, 11) is 0. The predicted octanol–water partition coefficient (Wildman–Crippen LogP) is 2.90. The van der Waals surface area contributed by atoms with Crippen LogP contribution in [0, 0.1) is 13.8 Å². The minimum absolute atomic E-state index is 0.0107. The Labute approximate surface area is 127 Å². The van der Waals surface area contributed by atoms with Crippen LogP contribution in [0.15, 0.2) is 12.4 Å². The number of rotatable bonds is 5. The molecule has 0 saturated carbocycles. The Morgan fingerprint density at radius 1 is 1.38 bits per heavy atom. The lowest BCUT2D eigenvalue weighted by Gasteiger charge is -2.12. The van der Waals surface area contributed by atoms with Crippen LogP contribution in [-0.4, -0.2) is 27.5 Å². The van der Waals surface area contributed by atoms with Crippen molar-refractivity contribution in [2.75, 3.05) is 11.9 Å². The van der Waals surface area contributed by atoms with Gasteiger partial charge >= 0.3 is 5.97 Å². The molecule has 0 aromatic carbocycles. The number of ether oxygens (including phenoxy) is 1. The highest BCUT2D eigenvalue weighted by molar-refractivity contribution is 7.11. The lowest BCUT2D eigenvalue weighted by atomic mass is 10.2. The van der Waals surface area contributed by atoms with Crippen molar-refractivity contribution >= 4 is 23.3 Å². The Hall–Kier alpha value is -2.02. The number of thiazole rings is 1. The Morgan fingerprint density at radius 3 is 2.71 bits per heavy atom. The van der Waals surface area contributed by atoms with Crippen molar-refractivity contribution in [3.63, 3.8) is 0 Å². The van der Waals surface area contributed by atoms with E-state index >= 15 is 0 Å². The van der Waals surface area contributed by atoms with E-state index in [1.54, 1.807) is 25.2 Å². The highest BCUT2D eigenvalue weighted by atomic mass is 32.1. The number of hydrogen-bond donors (Lipinski definition) is 1. The average molecular weight is 306 g/mol. The molecule has 0 saturated heterocycles. The first-order valence-electron chi connectivity index (χ1n) is 6.71. The Balaban J connectivity index is 2.11. The average Bonchev–Trinajstić information content (AvgIpc) is 2.86. The van der Waals surface area contributed by atoms with Gasteiger partial charge < -0.3 is 10.1 Å². The summed E-state index contributed by atoms with van der Waals surface area (Å²) in [5.41, 5.74) is 0.980. The molecule has 1 atom stereocenters. The number of nitrogens with one attached hydrogen (secondary N) is 1. The summed E-state index contributed by atoms with van der Waals surface area (Å²) >= 11 is 1.63.